The molecule has 0 spiro atoms. The number of methoxy groups -OCH3 is 1. The van der Waals surface area contributed by atoms with Crippen LogP contribution < -0.4 is 4.74 Å². The van der Waals surface area contributed by atoms with Crippen molar-refractivity contribution in [2.24, 2.45) is 5.92 Å². The van der Waals surface area contributed by atoms with Crippen LogP contribution in [0.3, 0.4) is 0 Å². The summed E-state index contributed by atoms with van der Waals surface area (Å²) in [7, 11) is 1.68. The average Bonchev–Trinajstić information content (AvgIpc) is 3.37. The van der Waals surface area contributed by atoms with E-state index in [4.69, 9.17) is 4.74 Å². The second-order valence-electron chi connectivity index (χ2n) is 6.43. The summed E-state index contributed by atoms with van der Waals surface area (Å²) in [6.45, 7) is 0. The van der Waals surface area contributed by atoms with E-state index in [0.717, 1.165) is 24.2 Å². The molecule has 2 fully saturated rings. The lowest BCUT2D eigenvalue weighted by Crippen LogP contribution is -2.12. The van der Waals surface area contributed by atoms with Crippen molar-refractivity contribution >= 4 is 17.7 Å². The lowest BCUT2D eigenvalue weighted by atomic mass is 9.85. The van der Waals surface area contributed by atoms with Crippen molar-refractivity contribution in [3.05, 3.63) is 29.3 Å². The Kier molecular flexibility index (Phi) is 4.97. The van der Waals surface area contributed by atoms with E-state index in [9.17, 15) is 9.90 Å². The van der Waals surface area contributed by atoms with Crippen LogP contribution in [0.2, 0.25) is 0 Å². The van der Waals surface area contributed by atoms with E-state index in [2.05, 4.69) is 12.1 Å². The molecule has 1 saturated heterocycles. The molecule has 22 heavy (non-hydrogen) atoms. The Morgan fingerprint density at radius 3 is 2.64 bits per heavy atom. The molecule has 1 aromatic rings. The first-order valence-electron chi connectivity index (χ1n) is 8.16. The number of carboxylic acid groups (broad SMARTS) is 1. The molecule has 3 rings (SSSR count). The second kappa shape index (κ2) is 6.95. The number of aliphatic carboxylic acids is 1. The zero-order chi connectivity index (χ0) is 15.5. The van der Waals surface area contributed by atoms with Crippen LogP contribution in [0, 0.1) is 5.92 Å². The van der Waals surface area contributed by atoms with Gasteiger partial charge >= 0.3 is 5.97 Å². The molecule has 1 saturated carbocycles. The molecular weight excluding hydrogens is 296 g/mol. The van der Waals surface area contributed by atoms with Crippen LogP contribution in [-0.4, -0.2) is 29.7 Å². The van der Waals surface area contributed by atoms with E-state index in [1.165, 1.54) is 29.9 Å². The van der Waals surface area contributed by atoms with Crippen LogP contribution in [0.1, 0.15) is 55.1 Å². The molecule has 1 aliphatic carbocycles. The van der Waals surface area contributed by atoms with Gasteiger partial charge in [0.1, 0.15) is 5.75 Å². The minimum atomic E-state index is -0.710. The third kappa shape index (κ3) is 3.60. The molecule has 0 aromatic heterocycles. The normalized spacial score (nSPS) is 20.6. The fraction of sp³-hybridized carbons (Fsp3) is 0.611. The van der Waals surface area contributed by atoms with Gasteiger partial charge in [0.25, 0.3) is 0 Å². The molecule has 1 atom stereocenters. The number of hydrogen-bond acceptors (Lipinski definition) is 3. The van der Waals surface area contributed by atoms with Gasteiger partial charge in [-0.05, 0) is 66.2 Å². The van der Waals surface area contributed by atoms with E-state index < -0.39 is 5.97 Å². The van der Waals surface area contributed by atoms with Crippen molar-refractivity contribution in [1.82, 2.24) is 0 Å². The highest BCUT2D eigenvalue weighted by Gasteiger charge is 2.35. The molecule has 2 aliphatic rings. The van der Waals surface area contributed by atoms with Crippen LogP contribution in [0.4, 0.5) is 0 Å². The predicted octanol–water partition coefficient (Wildman–Crippen LogP) is 4.27. The van der Waals surface area contributed by atoms with E-state index in [1.807, 2.05) is 17.8 Å². The van der Waals surface area contributed by atoms with Crippen molar-refractivity contribution in [1.29, 1.82) is 0 Å². The number of rotatable bonds is 6. The Morgan fingerprint density at radius 2 is 2.05 bits per heavy atom. The van der Waals surface area contributed by atoms with Gasteiger partial charge in [-0.1, -0.05) is 12.1 Å². The number of thioether (sulfide) groups is 1. The number of ether oxygens (including phenoxy) is 1. The van der Waals surface area contributed by atoms with Crippen molar-refractivity contribution < 1.29 is 14.6 Å². The fourth-order valence-electron chi connectivity index (χ4n) is 3.54. The summed E-state index contributed by atoms with van der Waals surface area (Å²) in [5, 5.41) is 9.26. The van der Waals surface area contributed by atoms with Crippen LogP contribution in [0.5, 0.6) is 5.75 Å². The quantitative estimate of drug-likeness (QED) is 0.850. The number of hydrogen-bond donors (Lipinski definition) is 1. The largest absolute Gasteiger partial charge is 0.496 e. The number of carbonyl (C=O) groups is 1. The van der Waals surface area contributed by atoms with E-state index >= 15 is 0 Å². The van der Waals surface area contributed by atoms with E-state index in [0.29, 0.717) is 11.8 Å². The Labute approximate surface area is 136 Å². The Balaban J connectivity index is 1.90. The van der Waals surface area contributed by atoms with Crippen LogP contribution >= 0.6 is 11.8 Å². The molecule has 3 nitrogen and oxygen atoms in total. The zero-order valence-electron chi connectivity index (χ0n) is 13.1. The summed E-state index contributed by atoms with van der Waals surface area (Å²) in [4.78, 5) is 11.3. The molecule has 1 aliphatic heterocycles. The minimum absolute atomic E-state index is 0.102. The highest BCUT2D eigenvalue weighted by Crippen LogP contribution is 2.48. The summed E-state index contributed by atoms with van der Waals surface area (Å²) in [5.41, 5.74) is 2.48. The zero-order valence-corrected chi connectivity index (χ0v) is 13.9. The maximum atomic E-state index is 11.3. The Hall–Kier alpha value is -1.16. The van der Waals surface area contributed by atoms with Gasteiger partial charge in [0, 0.05) is 5.92 Å². The summed E-state index contributed by atoms with van der Waals surface area (Å²) in [6, 6.07) is 6.46. The molecule has 1 unspecified atom stereocenters. The first-order chi connectivity index (χ1) is 10.7. The van der Waals surface area contributed by atoms with Crippen LogP contribution in [0.15, 0.2) is 18.2 Å². The van der Waals surface area contributed by atoms with Gasteiger partial charge in [-0.15, -0.1) is 0 Å². The topological polar surface area (TPSA) is 46.5 Å². The highest BCUT2D eigenvalue weighted by molar-refractivity contribution is 7.99. The smallest absolute Gasteiger partial charge is 0.303 e. The van der Waals surface area contributed by atoms with Crippen molar-refractivity contribution in [3.63, 3.8) is 0 Å². The van der Waals surface area contributed by atoms with Gasteiger partial charge < -0.3 is 9.84 Å². The average molecular weight is 320 g/mol. The maximum absolute atomic E-state index is 11.3. The van der Waals surface area contributed by atoms with Crippen molar-refractivity contribution in [3.8, 4) is 5.75 Å². The molecular formula is C18H24O3S. The molecule has 0 amide bonds. The molecule has 0 radical (unpaired) electrons. The summed E-state index contributed by atoms with van der Waals surface area (Å²) < 4.78 is 5.53. The van der Waals surface area contributed by atoms with E-state index in [1.54, 1.807) is 7.11 Å². The monoisotopic (exact) mass is 320 g/mol. The van der Waals surface area contributed by atoms with Gasteiger partial charge in [-0.2, -0.15) is 11.8 Å². The molecule has 4 heteroatoms. The Morgan fingerprint density at radius 1 is 1.32 bits per heavy atom. The molecule has 1 N–H and O–H groups in total. The highest BCUT2D eigenvalue weighted by atomic mass is 32.2. The van der Waals surface area contributed by atoms with Crippen LogP contribution in [-0.2, 0) is 4.79 Å². The summed E-state index contributed by atoms with van der Waals surface area (Å²) in [6.07, 6.45) is 4.95. The van der Waals surface area contributed by atoms with Gasteiger partial charge in [0.2, 0.25) is 0 Å². The molecule has 1 heterocycles. The first kappa shape index (κ1) is 15.7. The number of carboxylic acids is 1. The van der Waals surface area contributed by atoms with Crippen LogP contribution in [0.25, 0.3) is 0 Å². The minimum Gasteiger partial charge on any atom is -0.496 e. The third-order valence-electron chi connectivity index (χ3n) is 4.93. The lowest BCUT2D eigenvalue weighted by molar-refractivity contribution is -0.137. The third-order valence-corrected chi connectivity index (χ3v) is 5.98. The first-order valence-corrected chi connectivity index (χ1v) is 9.32. The van der Waals surface area contributed by atoms with E-state index in [-0.39, 0.29) is 12.3 Å². The Bertz CT molecular complexity index is 533. The lowest BCUT2D eigenvalue weighted by Gasteiger charge is -2.25. The number of benzene rings is 1. The van der Waals surface area contributed by atoms with Gasteiger partial charge in [-0.25, -0.2) is 0 Å². The molecule has 120 valence electrons. The fourth-order valence-corrected chi connectivity index (χ4v) is 4.65. The maximum Gasteiger partial charge on any atom is 0.303 e. The van der Waals surface area contributed by atoms with Crippen molar-refractivity contribution in [2.45, 2.75) is 43.9 Å². The van der Waals surface area contributed by atoms with Gasteiger partial charge in [-0.3, -0.25) is 4.79 Å². The second-order valence-corrected chi connectivity index (χ2v) is 7.65. The molecule has 0 bridgehead atoms. The predicted molar refractivity (Wildman–Crippen MR) is 90.0 cm³/mol. The summed E-state index contributed by atoms with van der Waals surface area (Å²) in [5.74, 6) is 3.84. The van der Waals surface area contributed by atoms with Gasteiger partial charge in [0.05, 0.1) is 13.5 Å². The SMILES string of the molecule is COc1ccc(C2CCSCC2)cc1C(CC(=O)O)C1CC1. The standard InChI is InChI=1S/C18H24O3S/c1-21-17-5-4-14(12-6-8-22-9-7-12)10-16(17)15(11-18(19)20)13-2-3-13/h4-5,10,12-13,15H,2-3,6-9,11H2,1H3,(H,19,20). The summed E-state index contributed by atoms with van der Waals surface area (Å²) >= 11 is 2.03. The van der Waals surface area contributed by atoms with Gasteiger partial charge in [0.15, 0.2) is 0 Å². The molecule has 1 aromatic carbocycles. The van der Waals surface area contributed by atoms with Crippen molar-refractivity contribution in [2.75, 3.05) is 18.6 Å².